The molecule has 0 saturated carbocycles. The van der Waals surface area contributed by atoms with Crippen molar-refractivity contribution in [3.63, 3.8) is 0 Å². The minimum Gasteiger partial charge on any atom is -0.481 e. The molecule has 2 N–H and O–H groups in total. The summed E-state index contributed by atoms with van der Waals surface area (Å²) in [6, 6.07) is 5.82. The largest absolute Gasteiger partial charge is 0.481 e. The highest BCUT2D eigenvalue weighted by atomic mass is 79.9. The van der Waals surface area contributed by atoms with Gasteiger partial charge in [0.05, 0.1) is 16.6 Å². The fourth-order valence-electron chi connectivity index (χ4n) is 1.43. The monoisotopic (exact) mass is 298 g/mol. The Hall–Kier alpha value is -1.69. The minimum atomic E-state index is -0.944. The second-order valence-electron chi connectivity index (χ2n) is 3.44. The molecule has 0 aliphatic heterocycles. The van der Waals surface area contributed by atoms with Gasteiger partial charge in [-0.2, -0.15) is 5.10 Å². The lowest BCUT2D eigenvalue weighted by Gasteiger charge is -1.97. The van der Waals surface area contributed by atoms with Gasteiger partial charge in [-0.05, 0) is 40.2 Å². The van der Waals surface area contributed by atoms with Gasteiger partial charge in [0.15, 0.2) is 0 Å². The zero-order valence-electron chi connectivity index (χ0n) is 8.58. The number of aromatic nitrogens is 2. The van der Waals surface area contributed by atoms with Crippen LogP contribution in [0.3, 0.4) is 0 Å². The molecule has 2 rings (SSSR count). The van der Waals surface area contributed by atoms with Crippen molar-refractivity contribution in [3.05, 3.63) is 40.2 Å². The normalized spacial score (nSPS) is 10.5. The van der Waals surface area contributed by atoms with Gasteiger partial charge in [-0.1, -0.05) is 0 Å². The van der Waals surface area contributed by atoms with Gasteiger partial charge in [0, 0.05) is 5.56 Å². The third kappa shape index (κ3) is 2.52. The van der Waals surface area contributed by atoms with Crippen molar-refractivity contribution in [2.45, 2.75) is 6.42 Å². The first-order valence-corrected chi connectivity index (χ1v) is 5.57. The van der Waals surface area contributed by atoms with Crippen LogP contribution in [0, 0.1) is 5.82 Å². The maximum absolute atomic E-state index is 12.8. The van der Waals surface area contributed by atoms with Gasteiger partial charge in [0.1, 0.15) is 11.5 Å². The molecule has 0 amide bonds. The number of aromatic amines is 1. The number of carboxylic acids is 1. The topological polar surface area (TPSA) is 66.0 Å². The first kappa shape index (κ1) is 11.8. The number of carboxylic acid groups (broad SMARTS) is 1. The summed E-state index contributed by atoms with van der Waals surface area (Å²) < 4.78 is 13.4. The average Bonchev–Trinajstić information content (AvgIpc) is 2.61. The van der Waals surface area contributed by atoms with E-state index in [-0.39, 0.29) is 12.2 Å². The van der Waals surface area contributed by atoms with Crippen LogP contribution < -0.4 is 0 Å². The lowest BCUT2D eigenvalue weighted by molar-refractivity contribution is -0.136. The minimum absolute atomic E-state index is 0.144. The van der Waals surface area contributed by atoms with Crippen LogP contribution in [-0.2, 0) is 11.2 Å². The van der Waals surface area contributed by atoms with E-state index < -0.39 is 5.97 Å². The Labute approximate surface area is 105 Å². The van der Waals surface area contributed by atoms with Crippen LogP contribution in [0.5, 0.6) is 0 Å². The van der Waals surface area contributed by atoms with E-state index in [1.165, 1.54) is 12.1 Å². The zero-order valence-corrected chi connectivity index (χ0v) is 10.2. The van der Waals surface area contributed by atoms with E-state index in [1.807, 2.05) is 0 Å². The number of carbonyl (C=O) groups is 1. The first-order chi connectivity index (χ1) is 8.08. The Bertz CT molecular complexity index is 551. The van der Waals surface area contributed by atoms with Gasteiger partial charge in [-0.15, -0.1) is 0 Å². The van der Waals surface area contributed by atoms with E-state index in [1.54, 1.807) is 12.1 Å². The van der Waals surface area contributed by atoms with Gasteiger partial charge in [0.25, 0.3) is 0 Å². The molecule has 1 aromatic heterocycles. The average molecular weight is 299 g/mol. The van der Waals surface area contributed by atoms with Crippen LogP contribution >= 0.6 is 15.9 Å². The van der Waals surface area contributed by atoms with Crippen molar-refractivity contribution < 1.29 is 14.3 Å². The summed E-state index contributed by atoms with van der Waals surface area (Å²) in [6.07, 6.45) is -0.144. The maximum atomic E-state index is 12.8. The molecular formula is C11H8BrFN2O2. The molecular weight excluding hydrogens is 291 g/mol. The van der Waals surface area contributed by atoms with E-state index in [9.17, 15) is 9.18 Å². The van der Waals surface area contributed by atoms with Crippen LogP contribution in [0.2, 0.25) is 0 Å². The van der Waals surface area contributed by atoms with E-state index in [4.69, 9.17) is 5.11 Å². The SMILES string of the molecule is O=C(O)Cc1[nH]nc(-c2ccc(F)cc2)c1Br. The number of aliphatic carboxylic acids is 1. The number of rotatable bonds is 3. The van der Waals surface area contributed by atoms with Gasteiger partial charge in [0.2, 0.25) is 0 Å². The van der Waals surface area contributed by atoms with Gasteiger partial charge in [-0.25, -0.2) is 4.39 Å². The number of halogens is 2. The van der Waals surface area contributed by atoms with Crippen molar-refractivity contribution in [1.82, 2.24) is 10.2 Å². The Morgan fingerprint density at radius 1 is 1.41 bits per heavy atom. The summed E-state index contributed by atoms with van der Waals surface area (Å²) in [4.78, 5) is 10.6. The molecule has 0 radical (unpaired) electrons. The molecule has 0 saturated heterocycles. The quantitative estimate of drug-likeness (QED) is 0.915. The maximum Gasteiger partial charge on any atom is 0.309 e. The van der Waals surface area contributed by atoms with Crippen LogP contribution in [-0.4, -0.2) is 21.3 Å². The summed E-state index contributed by atoms with van der Waals surface area (Å²) in [5.41, 5.74) is 1.77. The molecule has 17 heavy (non-hydrogen) atoms. The van der Waals surface area contributed by atoms with Crippen LogP contribution in [0.25, 0.3) is 11.3 Å². The third-order valence-electron chi connectivity index (χ3n) is 2.22. The summed E-state index contributed by atoms with van der Waals surface area (Å²) in [7, 11) is 0. The highest BCUT2D eigenvalue weighted by molar-refractivity contribution is 9.10. The molecule has 2 aromatic rings. The Balaban J connectivity index is 2.37. The molecule has 0 fully saturated rings. The zero-order chi connectivity index (χ0) is 12.4. The second kappa shape index (κ2) is 4.67. The molecule has 6 heteroatoms. The number of nitrogens with zero attached hydrogens (tertiary/aromatic N) is 1. The summed E-state index contributed by atoms with van der Waals surface area (Å²) in [6.45, 7) is 0. The predicted octanol–water partition coefficient (Wildman–Crippen LogP) is 2.61. The molecule has 1 heterocycles. The van der Waals surface area contributed by atoms with E-state index in [2.05, 4.69) is 26.1 Å². The van der Waals surface area contributed by atoms with Crippen LogP contribution in [0.4, 0.5) is 4.39 Å². The molecule has 88 valence electrons. The molecule has 0 unspecified atom stereocenters. The third-order valence-corrected chi connectivity index (χ3v) is 3.08. The van der Waals surface area contributed by atoms with Crippen molar-refractivity contribution in [1.29, 1.82) is 0 Å². The standard InChI is InChI=1S/C11H8BrFN2O2/c12-10-8(5-9(16)17)14-15-11(10)6-1-3-7(13)4-2-6/h1-4H,5H2,(H,14,15)(H,16,17). The van der Waals surface area contributed by atoms with Gasteiger partial charge >= 0.3 is 5.97 Å². The lowest BCUT2D eigenvalue weighted by atomic mass is 10.1. The molecule has 0 aliphatic carbocycles. The second-order valence-corrected chi connectivity index (χ2v) is 4.24. The van der Waals surface area contributed by atoms with Gasteiger partial charge < -0.3 is 5.11 Å². The number of benzene rings is 1. The predicted molar refractivity (Wildman–Crippen MR) is 63.0 cm³/mol. The fourth-order valence-corrected chi connectivity index (χ4v) is 1.98. The molecule has 0 bridgehead atoms. The first-order valence-electron chi connectivity index (χ1n) is 4.78. The Morgan fingerprint density at radius 3 is 2.65 bits per heavy atom. The molecule has 0 atom stereocenters. The summed E-state index contributed by atoms with van der Waals surface area (Å²) in [5.74, 6) is -1.27. The number of H-pyrrole nitrogens is 1. The Morgan fingerprint density at radius 2 is 2.06 bits per heavy atom. The number of hydrogen-bond acceptors (Lipinski definition) is 2. The number of hydrogen-bond donors (Lipinski definition) is 2. The van der Waals surface area contributed by atoms with E-state index in [0.717, 1.165) is 0 Å². The summed E-state index contributed by atoms with van der Waals surface area (Å²) in [5, 5.41) is 15.3. The highest BCUT2D eigenvalue weighted by Crippen LogP contribution is 2.29. The van der Waals surface area contributed by atoms with E-state index in [0.29, 0.717) is 21.4 Å². The molecule has 0 aliphatic rings. The van der Waals surface area contributed by atoms with Crippen molar-refractivity contribution >= 4 is 21.9 Å². The van der Waals surface area contributed by atoms with E-state index >= 15 is 0 Å². The van der Waals surface area contributed by atoms with Crippen molar-refractivity contribution in [2.24, 2.45) is 0 Å². The molecule has 0 spiro atoms. The fraction of sp³-hybridized carbons (Fsp3) is 0.0909. The number of nitrogens with one attached hydrogen (secondary N) is 1. The Kier molecular flexibility index (Phi) is 3.23. The molecule has 4 nitrogen and oxygen atoms in total. The molecule has 1 aromatic carbocycles. The van der Waals surface area contributed by atoms with Crippen molar-refractivity contribution in [2.75, 3.05) is 0 Å². The van der Waals surface area contributed by atoms with Crippen LogP contribution in [0.15, 0.2) is 28.7 Å². The highest BCUT2D eigenvalue weighted by Gasteiger charge is 2.14. The van der Waals surface area contributed by atoms with Gasteiger partial charge in [-0.3, -0.25) is 9.89 Å². The van der Waals surface area contributed by atoms with Crippen LogP contribution in [0.1, 0.15) is 5.69 Å². The van der Waals surface area contributed by atoms with Crippen molar-refractivity contribution in [3.8, 4) is 11.3 Å². The summed E-state index contributed by atoms with van der Waals surface area (Å²) >= 11 is 3.28. The lowest BCUT2D eigenvalue weighted by Crippen LogP contribution is -2.00. The smallest absolute Gasteiger partial charge is 0.309 e.